The second-order valence-corrected chi connectivity index (χ2v) is 4.31. The first-order valence-electron chi connectivity index (χ1n) is 3.80. The lowest BCUT2D eigenvalue weighted by atomic mass is 10.2. The van der Waals surface area contributed by atoms with Crippen LogP contribution < -0.4 is 5.14 Å². The largest absolute Gasteiger partial charge is 0.400 e. The molecule has 0 aliphatic rings. The quantitative estimate of drug-likeness (QED) is 0.642. The third kappa shape index (κ3) is 2.50. The van der Waals surface area contributed by atoms with Crippen molar-refractivity contribution >= 4 is 15.8 Å². The summed E-state index contributed by atoms with van der Waals surface area (Å²) in [5.74, 6) is -3.51. The van der Waals surface area contributed by atoms with Crippen LogP contribution in [0, 0.1) is 15.9 Å². The standard InChI is InChI=1S/C6H4F3N3O4S/c7-4-3(5(8)9)2(17(10,15)16)1-11-6(4)12(13)14/h1,5H,(H2,10,15,16). The Kier molecular flexibility index (Phi) is 3.33. The van der Waals surface area contributed by atoms with Crippen molar-refractivity contribution in [2.45, 2.75) is 11.3 Å². The van der Waals surface area contributed by atoms with Gasteiger partial charge in [0.1, 0.15) is 4.90 Å². The molecule has 2 N–H and O–H groups in total. The first kappa shape index (κ1) is 13.3. The fourth-order valence-corrected chi connectivity index (χ4v) is 1.72. The Labute approximate surface area is 92.3 Å². The van der Waals surface area contributed by atoms with Crippen LogP contribution in [0.5, 0.6) is 0 Å². The van der Waals surface area contributed by atoms with E-state index in [9.17, 15) is 31.7 Å². The van der Waals surface area contributed by atoms with Crippen LogP contribution >= 0.6 is 0 Å². The number of rotatable bonds is 3. The van der Waals surface area contributed by atoms with Crippen molar-refractivity contribution in [3.8, 4) is 0 Å². The molecule has 1 heterocycles. The number of halogens is 3. The molecule has 0 saturated carbocycles. The van der Waals surface area contributed by atoms with E-state index in [4.69, 9.17) is 0 Å². The van der Waals surface area contributed by atoms with Crippen molar-refractivity contribution in [3.05, 3.63) is 27.7 Å². The summed E-state index contributed by atoms with van der Waals surface area (Å²) >= 11 is 0. The van der Waals surface area contributed by atoms with E-state index in [2.05, 4.69) is 10.1 Å². The maximum Gasteiger partial charge on any atom is 0.400 e. The highest BCUT2D eigenvalue weighted by Crippen LogP contribution is 2.31. The van der Waals surface area contributed by atoms with Gasteiger partial charge in [0.2, 0.25) is 15.8 Å². The SMILES string of the molecule is NS(=O)(=O)c1cnc([N+](=O)[O-])c(F)c1C(F)F. The Bertz CT molecular complexity index is 574. The number of nitrogens with zero attached hydrogens (tertiary/aromatic N) is 2. The fourth-order valence-electron chi connectivity index (χ4n) is 1.03. The molecule has 1 aromatic heterocycles. The highest BCUT2D eigenvalue weighted by atomic mass is 32.2. The second kappa shape index (κ2) is 4.25. The number of sulfonamides is 1. The predicted octanol–water partition coefficient (Wildman–Crippen LogP) is 0.714. The van der Waals surface area contributed by atoms with Crippen molar-refractivity contribution in [3.63, 3.8) is 0 Å². The van der Waals surface area contributed by atoms with Crippen LogP contribution in [0.1, 0.15) is 12.0 Å². The van der Waals surface area contributed by atoms with Gasteiger partial charge in [0.25, 0.3) is 6.43 Å². The predicted molar refractivity (Wildman–Crippen MR) is 47.2 cm³/mol. The van der Waals surface area contributed by atoms with Crippen LogP contribution in [-0.4, -0.2) is 18.3 Å². The molecule has 0 amide bonds. The Balaban J connectivity index is 3.69. The van der Waals surface area contributed by atoms with Gasteiger partial charge in [-0.2, -0.15) is 4.39 Å². The molecule has 0 fully saturated rings. The lowest BCUT2D eigenvalue weighted by molar-refractivity contribution is -0.392. The van der Waals surface area contributed by atoms with E-state index >= 15 is 0 Å². The van der Waals surface area contributed by atoms with Crippen LogP contribution in [0.15, 0.2) is 11.1 Å². The third-order valence-electron chi connectivity index (χ3n) is 1.70. The summed E-state index contributed by atoms with van der Waals surface area (Å²) in [5.41, 5.74) is -1.66. The third-order valence-corrected chi connectivity index (χ3v) is 2.64. The monoisotopic (exact) mass is 271 g/mol. The first-order chi connectivity index (χ1) is 7.66. The fraction of sp³-hybridized carbons (Fsp3) is 0.167. The zero-order valence-electron chi connectivity index (χ0n) is 7.80. The first-order valence-corrected chi connectivity index (χ1v) is 5.34. The number of alkyl halides is 2. The van der Waals surface area contributed by atoms with E-state index in [1.807, 2.05) is 0 Å². The molecule has 1 rings (SSSR count). The Morgan fingerprint density at radius 2 is 2.00 bits per heavy atom. The molecule has 0 atom stereocenters. The summed E-state index contributed by atoms with van der Waals surface area (Å²) in [6.07, 6.45) is -3.36. The van der Waals surface area contributed by atoms with Gasteiger partial charge in [-0.1, -0.05) is 0 Å². The Morgan fingerprint density at radius 1 is 1.47 bits per heavy atom. The molecule has 0 saturated heterocycles. The van der Waals surface area contributed by atoms with Crippen molar-refractivity contribution in [2.75, 3.05) is 0 Å². The molecule has 1 aromatic rings. The summed E-state index contributed by atoms with van der Waals surface area (Å²) < 4.78 is 59.9. The van der Waals surface area contributed by atoms with Crippen LogP contribution in [0.3, 0.4) is 0 Å². The summed E-state index contributed by atoms with van der Waals surface area (Å²) in [6.45, 7) is 0. The van der Waals surface area contributed by atoms with E-state index in [1.54, 1.807) is 0 Å². The number of nitro groups is 1. The number of hydrogen-bond acceptors (Lipinski definition) is 5. The number of aromatic nitrogens is 1. The van der Waals surface area contributed by atoms with Crippen molar-refractivity contribution in [2.24, 2.45) is 5.14 Å². The van der Waals surface area contributed by atoms with Crippen LogP contribution in [0.4, 0.5) is 19.0 Å². The number of hydrogen-bond donors (Lipinski definition) is 1. The lowest BCUT2D eigenvalue weighted by Crippen LogP contribution is -2.17. The van der Waals surface area contributed by atoms with Gasteiger partial charge in [0.05, 0.1) is 5.56 Å². The van der Waals surface area contributed by atoms with E-state index in [0.717, 1.165) is 0 Å². The zero-order valence-corrected chi connectivity index (χ0v) is 8.62. The Hall–Kier alpha value is -1.75. The molecule has 94 valence electrons. The zero-order chi connectivity index (χ0) is 13.4. The van der Waals surface area contributed by atoms with Gasteiger partial charge in [-0.25, -0.2) is 22.3 Å². The highest BCUT2D eigenvalue weighted by molar-refractivity contribution is 7.89. The molecule has 0 bridgehead atoms. The van der Waals surface area contributed by atoms with Crippen molar-refractivity contribution in [1.82, 2.24) is 4.98 Å². The minimum Gasteiger partial charge on any atom is -0.358 e. The minimum absolute atomic E-state index is 0.220. The van der Waals surface area contributed by atoms with Crippen molar-refractivity contribution in [1.29, 1.82) is 0 Å². The molecule has 0 spiro atoms. The van der Waals surface area contributed by atoms with Crippen molar-refractivity contribution < 1.29 is 26.5 Å². The smallest absolute Gasteiger partial charge is 0.358 e. The molecule has 0 aliphatic heterocycles. The molecule has 11 heteroatoms. The number of pyridine rings is 1. The summed E-state index contributed by atoms with van der Waals surface area (Å²) in [5, 5.41) is 14.8. The normalized spacial score (nSPS) is 11.8. The van der Waals surface area contributed by atoms with E-state index in [1.165, 1.54) is 0 Å². The molecule has 0 aromatic carbocycles. The highest BCUT2D eigenvalue weighted by Gasteiger charge is 2.32. The average Bonchev–Trinajstić information content (AvgIpc) is 2.14. The molecule has 17 heavy (non-hydrogen) atoms. The minimum atomic E-state index is -4.65. The van der Waals surface area contributed by atoms with E-state index < -0.39 is 43.5 Å². The average molecular weight is 271 g/mol. The Morgan fingerprint density at radius 3 is 2.35 bits per heavy atom. The van der Waals surface area contributed by atoms with Crippen LogP contribution in [-0.2, 0) is 10.0 Å². The van der Waals surface area contributed by atoms with E-state index in [-0.39, 0.29) is 6.20 Å². The molecular formula is C6H4F3N3O4S. The molecule has 0 unspecified atom stereocenters. The van der Waals surface area contributed by atoms with Crippen LogP contribution in [0.25, 0.3) is 0 Å². The molecule has 0 radical (unpaired) electrons. The lowest BCUT2D eigenvalue weighted by Gasteiger charge is -2.06. The second-order valence-electron chi connectivity index (χ2n) is 2.78. The van der Waals surface area contributed by atoms with Gasteiger partial charge in [-0.05, 0) is 9.91 Å². The van der Waals surface area contributed by atoms with Crippen LogP contribution in [0.2, 0.25) is 0 Å². The molecular weight excluding hydrogens is 267 g/mol. The van der Waals surface area contributed by atoms with E-state index in [0.29, 0.717) is 0 Å². The van der Waals surface area contributed by atoms with Gasteiger partial charge in [0.15, 0.2) is 6.20 Å². The maximum absolute atomic E-state index is 13.3. The van der Waals surface area contributed by atoms with Gasteiger partial charge in [0, 0.05) is 0 Å². The molecule has 0 aliphatic carbocycles. The van der Waals surface area contributed by atoms with Gasteiger partial charge in [-0.15, -0.1) is 0 Å². The number of nitrogens with two attached hydrogens (primary N) is 1. The number of primary sulfonamides is 1. The molecule has 7 nitrogen and oxygen atoms in total. The maximum atomic E-state index is 13.3. The topological polar surface area (TPSA) is 116 Å². The van der Waals surface area contributed by atoms with Gasteiger partial charge < -0.3 is 10.1 Å². The summed E-state index contributed by atoms with van der Waals surface area (Å²) in [4.78, 5) is 10.4. The summed E-state index contributed by atoms with van der Waals surface area (Å²) in [7, 11) is -4.65. The van der Waals surface area contributed by atoms with Gasteiger partial charge in [-0.3, -0.25) is 0 Å². The van der Waals surface area contributed by atoms with Gasteiger partial charge >= 0.3 is 5.82 Å². The summed E-state index contributed by atoms with van der Waals surface area (Å²) in [6, 6.07) is 0.